The van der Waals surface area contributed by atoms with E-state index in [1.54, 1.807) is 4.90 Å². The average Bonchev–Trinajstić information content (AvgIpc) is 2.62. The molecule has 0 saturated carbocycles. The van der Waals surface area contributed by atoms with E-state index in [2.05, 4.69) is 41.4 Å². The van der Waals surface area contributed by atoms with Crippen molar-refractivity contribution in [1.82, 2.24) is 15.1 Å². The van der Waals surface area contributed by atoms with Crippen molar-refractivity contribution in [3.63, 3.8) is 0 Å². The van der Waals surface area contributed by atoms with Gasteiger partial charge in [-0.05, 0) is 57.2 Å². The summed E-state index contributed by atoms with van der Waals surface area (Å²) in [6, 6.07) is 8.84. The van der Waals surface area contributed by atoms with Gasteiger partial charge in [0.25, 0.3) is 0 Å². The van der Waals surface area contributed by atoms with Crippen molar-refractivity contribution in [3.8, 4) is 0 Å². The first-order valence-electron chi connectivity index (χ1n) is 9.42. The summed E-state index contributed by atoms with van der Waals surface area (Å²) in [6.07, 6.45) is 4.71. The van der Waals surface area contributed by atoms with Crippen LogP contribution in [0.3, 0.4) is 0 Å². The lowest BCUT2D eigenvalue weighted by atomic mass is 9.90. The summed E-state index contributed by atoms with van der Waals surface area (Å²) < 4.78 is 0. The SMILES string of the molecule is Cc1ccc(CCC2CCN(CC(=O)N3CCNC(=O)C3)CC2)cc1. The highest BCUT2D eigenvalue weighted by Crippen LogP contribution is 2.22. The number of hydrogen-bond acceptors (Lipinski definition) is 3. The third-order valence-corrected chi connectivity index (χ3v) is 5.42. The average molecular weight is 343 g/mol. The van der Waals surface area contributed by atoms with Gasteiger partial charge in [-0.25, -0.2) is 0 Å². The van der Waals surface area contributed by atoms with Crippen molar-refractivity contribution >= 4 is 11.8 Å². The van der Waals surface area contributed by atoms with Crippen molar-refractivity contribution in [2.45, 2.75) is 32.6 Å². The van der Waals surface area contributed by atoms with Crippen LogP contribution in [-0.2, 0) is 16.0 Å². The number of carbonyl (C=O) groups is 2. The Hall–Kier alpha value is -1.88. The molecule has 0 spiro atoms. The second-order valence-corrected chi connectivity index (χ2v) is 7.41. The van der Waals surface area contributed by atoms with E-state index in [9.17, 15) is 9.59 Å². The van der Waals surface area contributed by atoms with Gasteiger partial charge in [0, 0.05) is 13.1 Å². The van der Waals surface area contributed by atoms with Gasteiger partial charge in [-0.15, -0.1) is 0 Å². The normalized spacial score (nSPS) is 19.7. The molecule has 136 valence electrons. The van der Waals surface area contributed by atoms with E-state index in [-0.39, 0.29) is 18.4 Å². The summed E-state index contributed by atoms with van der Waals surface area (Å²) >= 11 is 0. The smallest absolute Gasteiger partial charge is 0.239 e. The number of nitrogens with zero attached hydrogens (tertiary/aromatic N) is 2. The molecular weight excluding hydrogens is 314 g/mol. The van der Waals surface area contributed by atoms with Crippen molar-refractivity contribution < 1.29 is 9.59 Å². The Kier molecular flexibility index (Phi) is 6.08. The van der Waals surface area contributed by atoms with E-state index >= 15 is 0 Å². The molecule has 0 radical (unpaired) electrons. The van der Waals surface area contributed by atoms with Crippen LogP contribution in [0.1, 0.15) is 30.4 Å². The lowest BCUT2D eigenvalue weighted by Gasteiger charge is -2.34. The van der Waals surface area contributed by atoms with Crippen LogP contribution >= 0.6 is 0 Å². The van der Waals surface area contributed by atoms with E-state index in [1.807, 2.05) is 0 Å². The number of nitrogens with one attached hydrogen (secondary N) is 1. The largest absolute Gasteiger partial charge is 0.353 e. The monoisotopic (exact) mass is 343 g/mol. The maximum atomic E-state index is 12.3. The topological polar surface area (TPSA) is 52.7 Å². The quantitative estimate of drug-likeness (QED) is 0.883. The second-order valence-electron chi connectivity index (χ2n) is 7.41. The first-order valence-corrected chi connectivity index (χ1v) is 9.42. The molecule has 5 nitrogen and oxygen atoms in total. The van der Waals surface area contributed by atoms with Crippen molar-refractivity contribution in [3.05, 3.63) is 35.4 Å². The minimum Gasteiger partial charge on any atom is -0.353 e. The Morgan fingerprint density at radius 1 is 1.16 bits per heavy atom. The minimum absolute atomic E-state index is 0.0468. The Morgan fingerprint density at radius 3 is 2.56 bits per heavy atom. The Labute approximate surface area is 150 Å². The highest BCUT2D eigenvalue weighted by Gasteiger charge is 2.25. The molecule has 0 atom stereocenters. The fourth-order valence-corrected chi connectivity index (χ4v) is 3.70. The van der Waals surface area contributed by atoms with Crippen molar-refractivity contribution in [1.29, 1.82) is 0 Å². The molecule has 0 unspecified atom stereocenters. The van der Waals surface area contributed by atoms with Gasteiger partial charge in [0.05, 0.1) is 13.1 Å². The summed E-state index contributed by atoms with van der Waals surface area (Å²) in [7, 11) is 0. The fourth-order valence-electron chi connectivity index (χ4n) is 3.70. The Bertz CT molecular complexity index is 591. The van der Waals surface area contributed by atoms with Crippen molar-refractivity contribution in [2.75, 3.05) is 39.3 Å². The Morgan fingerprint density at radius 2 is 1.88 bits per heavy atom. The third-order valence-electron chi connectivity index (χ3n) is 5.42. The maximum Gasteiger partial charge on any atom is 0.239 e. The van der Waals surface area contributed by atoms with Crippen LogP contribution in [0.2, 0.25) is 0 Å². The minimum atomic E-state index is -0.0468. The van der Waals surface area contributed by atoms with E-state index < -0.39 is 0 Å². The summed E-state index contributed by atoms with van der Waals surface area (Å²) in [5.74, 6) is 0.802. The number of benzene rings is 1. The number of aryl methyl sites for hydroxylation is 2. The third kappa shape index (κ3) is 5.30. The van der Waals surface area contributed by atoms with Crippen LogP contribution in [0.15, 0.2) is 24.3 Å². The fraction of sp³-hybridized carbons (Fsp3) is 0.600. The second kappa shape index (κ2) is 8.48. The van der Waals surface area contributed by atoms with Crippen LogP contribution in [0.25, 0.3) is 0 Å². The van der Waals surface area contributed by atoms with Gasteiger partial charge in [0.2, 0.25) is 11.8 Å². The van der Waals surface area contributed by atoms with E-state index in [1.165, 1.54) is 30.4 Å². The van der Waals surface area contributed by atoms with Gasteiger partial charge in [-0.3, -0.25) is 14.5 Å². The molecule has 2 fully saturated rings. The van der Waals surface area contributed by atoms with Crippen LogP contribution in [0, 0.1) is 12.8 Å². The number of hydrogen-bond donors (Lipinski definition) is 1. The first kappa shape index (κ1) is 17.9. The number of rotatable bonds is 5. The van der Waals surface area contributed by atoms with E-state index in [0.29, 0.717) is 19.6 Å². The number of piperazine rings is 1. The van der Waals surface area contributed by atoms with Crippen LogP contribution in [-0.4, -0.2) is 60.9 Å². The molecule has 2 heterocycles. The first-order chi connectivity index (χ1) is 12.1. The standard InChI is InChI=1S/C20H29N3O2/c1-16-2-4-17(5-3-16)6-7-18-8-11-22(12-9-18)15-20(25)23-13-10-21-19(24)14-23/h2-5,18H,6-15H2,1H3,(H,21,24). The Balaban J connectivity index is 1.37. The molecule has 5 heteroatoms. The summed E-state index contributed by atoms with van der Waals surface area (Å²) in [4.78, 5) is 27.7. The van der Waals surface area contributed by atoms with Gasteiger partial charge in [0.15, 0.2) is 0 Å². The maximum absolute atomic E-state index is 12.3. The molecule has 1 aromatic rings. The molecule has 1 aromatic carbocycles. The highest BCUT2D eigenvalue weighted by molar-refractivity contribution is 5.86. The summed E-state index contributed by atoms with van der Waals surface area (Å²) in [5.41, 5.74) is 2.74. The summed E-state index contributed by atoms with van der Waals surface area (Å²) in [6.45, 7) is 5.98. The molecule has 2 aliphatic rings. The molecular formula is C20H29N3O2. The molecule has 0 bridgehead atoms. The van der Waals surface area contributed by atoms with Crippen LogP contribution in [0.5, 0.6) is 0 Å². The van der Waals surface area contributed by atoms with Gasteiger partial charge in [-0.1, -0.05) is 29.8 Å². The number of likely N-dealkylation sites (tertiary alicyclic amines) is 1. The zero-order valence-corrected chi connectivity index (χ0v) is 15.2. The number of amides is 2. The van der Waals surface area contributed by atoms with Gasteiger partial charge >= 0.3 is 0 Å². The van der Waals surface area contributed by atoms with Crippen molar-refractivity contribution in [2.24, 2.45) is 5.92 Å². The molecule has 0 aliphatic carbocycles. The molecule has 2 amide bonds. The lowest BCUT2D eigenvalue weighted by Crippen LogP contribution is -2.52. The van der Waals surface area contributed by atoms with Gasteiger partial charge in [-0.2, -0.15) is 0 Å². The predicted octanol–water partition coefficient (Wildman–Crippen LogP) is 1.60. The van der Waals surface area contributed by atoms with E-state index in [4.69, 9.17) is 0 Å². The van der Waals surface area contributed by atoms with Crippen LogP contribution < -0.4 is 5.32 Å². The predicted molar refractivity (Wildman–Crippen MR) is 98.3 cm³/mol. The molecule has 2 saturated heterocycles. The van der Waals surface area contributed by atoms with E-state index in [0.717, 1.165) is 25.4 Å². The van der Waals surface area contributed by atoms with Gasteiger partial charge < -0.3 is 10.2 Å². The summed E-state index contributed by atoms with van der Waals surface area (Å²) in [5, 5.41) is 2.76. The molecule has 3 rings (SSSR count). The molecule has 25 heavy (non-hydrogen) atoms. The number of piperidine rings is 1. The molecule has 2 aliphatic heterocycles. The highest BCUT2D eigenvalue weighted by atomic mass is 16.2. The lowest BCUT2D eigenvalue weighted by molar-refractivity contribution is -0.139. The zero-order valence-electron chi connectivity index (χ0n) is 15.2. The zero-order chi connectivity index (χ0) is 17.6. The number of carbonyl (C=O) groups excluding carboxylic acids is 2. The van der Waals surface area contributed by atoms with Gasteiger partial charge in [0.1, 0.15) is 0 Å². The molecule has 1 N–H and O–H groups in total. The molecule has 0 aromatic heterocycles. The van der Waals surface area contributed by atoms with Crippen LogP contribution in [0.4, 0.5) is 0 Å².